The molecule has 3 rings (SSSR count). The fraction of sp³-hybridized carbons (Fsp3) is 0.0909. The minimum Gasteiger partial charge on any atom is -0.493 e. The largest absolute Gasteiger partial charge is 0.493 e. The van der Waals surface area contributed by atoms with Gasteiger partial charge < -0.3 is 9.47 Å². The van der Waals surface area contributed by atoms with Crippen molar-refractivity contribution in [2.45, 2.75) is 6.61 Å². The highest BCUT2D eigenvalue weighted by atomic mass is 79.9. The minimum absolute atomic E-state index is 0.296. The first kappa shape index (κ1) is 22.3. The molecule has 0 saturated heterocycles. The number of nitrogens with one attached hydrogen (secondary N) is 1. The number of carbonyl (C=O) groups excluding carboxylic acids is 1. The average molecular weight is 553 g/mol. The molecular formula is C22H17Br2ClN2O3. The summed E-state index contributed by atoms with van der Waals surface area (Å²) in [5.41, 5.74) is 4.60. The maximum absolute atomic E-state index is 12.2. The van der Waals surface area contributed by atoms with E-state index in [4.69, 9.17) is 21.1 Å². The van der Waals surface area contributed by atoms with Crippen LogP contribution >= 0.6 is 43.5 Å². The molecule has 154 valence electrons. The third-order valence-electron chi connectivity index (χ3n) is 4.05. The standard InChI is InChI=1S/C22H17Br2ClN2O3/c1-29-20-10-14(12-26-27-22(28)15-6-4-7-17(23)11-15)9-18(24)21(20)30-13-16-5-2-3-8-19(16)25/h2-12H,13H2,1H3,(H,27,28). The van der Waals surface area contributed by atoms with Crippen LogP contribution in [0.5, 0.6) is 11.5 Å². The summed E-state index contributed by atoms with van der Waals surface area (Å²) in [6.07, 6.45) is 1.53. The third kappa shape index (κ3) is 5.84. The van der Waals surface area contributed by atoms with Gasteiger partial charge in [-0.15, -0.1) is 0 Å². The third-order valence-corrected chi connectivity index (χ3v) is 5.50. The van der Waals surface area contributed by atoms with Crippen LogP contribution in [0.2, 0.25) is 5.02 Å². The van der Waals surface area contributed by atoms with Crippen LogP contribution < -0.4 is 14.9 Å². The Morgan fingerprint density at radius 3 is 2.67 bits per heavy atom. The molecule has 30 heavy (non-hydrogen) atoms. The molecule has 0 aromatic heterocycles. The Kier molecular flexibility index (Phi) is 7.90. The van der Waals surface area contributed by atoms with Crippen molar-refractivity contribution in [3.63, 3.8) is 0 Å². The van der Waals surface area contributed by atoms with Gasteiger partial charge >= 0.3 is 0 Å². The van der Waals surface area contributed by atoms with Gasteiger partial charge in [0, 0.05) is 20.6 Å². The first-order valence-corrected chi connectivity index (χ1v) is 10.8. The molecule has 3 aromatic carbocycles. The molecule has 0 radical (unpaired) electrons. The van der Waals surface area contributed by atoms with Gasteiger partial charge in [0.2, 0.25) is 0 Å². The summed E-state index contributed by atoms with van der Waals surface area (Å²) in [6, 6.07) is 18.1. The Balaban J connectivity index is 1.71. The second kappa shape index (κ2) is 10.6. The zero-order chi connectivity index (χ0) is 21.5. The summed E-state index contributed by atoms with van der Waals surface area (Å²) < 4.78 is 12.9. The SMILES string of the molecule is COc1cc(C=NNC(=O)c2cccc(Br)c2)cc(Br)c1OCc1ccccc1Cl. The maximum Gasteiger partial charge on any atom is 0.271 e. The van der Waals surface area contributed by atoms with Crippen molar-refractivity contribution in [1.82, 2.24) is 5.43 Å². The molecule has 1 amide bonds. The van der Waals surface area contributed by atoms with E-state index in [1.165, 1.54) is 6.21 Å². The highest BCUT2D eigenvalue weighted by Gasteiger charge is 2.12. The number of halogens is 3. The van der Waals surface area contributed by atoms with Crippen molar-refractivity contribution in [3.8, 4) is 11.5 Å². The van der Waals surface area contributed by atoms with Crippen LogP contribution in [0.25, 0.3) is 0 Å². The Morgan fingerprint density at radius 2 is 1.93 bits per heavy atom. The van der Waals surface area contributed by atoms with Gasteiger partial charge in [-0.3, -0.25) is 4.79 Å². The summed E-state index contributed by atoms with van der Waals surface area (Å²) in [4.78, 5) is 12.2. The number of hydrazone groups is 1. The van der Waals surface area contributed by atoms with Crippen LogP contribution in [-0.4, -0.2) is 19.2 Å². The van der Waals surface area contributed by atoms with E-state index in [-0.39, 0.29) is 5.91 Å². The van der Waals surface area contributed by atoms with Gasteiger partial charge in [0.1, 0.15) is 6.61 Å². The number of hydrogen-bond acceptors (Lipinski definition) is 4. The molecule has 1 N–H and O–H groups in total. The van der Waals surface area contributed by atoms with Crippen LogP contribution in [0.1, 0.15) is 21.5 Å². The van der Waals surface area contributed by atoms with Gasteiger partial charge in [0.05, 0.1) is 17.8 Å². The predicted molar refractivity (Wildman–Crippen MR) is 126 cm³/mol. The second-order valence-electron chi connectivity index (χ2n) is 6.12. The lowest BCUT2D eigenvalue weighted by atomic mass is 10.2. The van der Waals surface area contributed by atoms with E-state index in [1.807, 2.05) is 36.4 Å². The van der Waals surface area contributed by atoms with Crippen LogP contribution in [0.4, 0.5) is 0 Å². The quantitative estimate of drug-likeness (QED) is 0.280. The van der Waals surface area contributed by atoms with E-state index in [0.717, 1.165) is 15.6 Å². The molecule has 8 heteroatoms. The summed E-state index contributed by atoms with van der Waals surface area (Å²) in [5.74, 6) is 0.766. The van der Waals surface area contributed by atoms with Gasteiger partial charge in [0.15, 0.2) is 11.5 Å². The number of nitrogens with zero attached hydrogens (tertiary/aromatic N) is 1. The van der Waals surface area contributed by atoms with E-state index >= 15 is 0 Å². The molecule has 0 heterocycles. The smallest absolute Gasteiger partial charge is 0.271 e. The van der Waals surface area contributed by atoms with E-state index in [2.05, 4.69) is 42.4 Å². The lowest BCUT2D eigenvalue weighted by molar-refractivity contribution is 0.0955. The van der Waals surface area contributed by atoms with Crippen molar-refractivity contribution >= 4 is 55.6 Å². The number of benzene rings is 3. The molecule has 0 aliphatic heterocycles. The van der Waals surface area contributed by atoms with Crippen molar-refractivity contribution in [2.24, 2.45) is 5.10 Å². The fourth-order valence-electron chi connectivity index (χ4n) is 2.58. The normalized spacial score (nSPS) is 10.8. The highest BCUT2D eigenvalue weighted by molar-refractivity contribution is 9.10. The van der Waals surface area contributed by atoms with Crippen LogP contribution in [-0.2, 0) is 6.61 Å². The van der Waals surface area contributed by atoms with Crippen LogP contribution in [0.3, 0.4) is 0 Å². The van der Waals surface area contributed by atoms with Gasteiger partial charge in [-0.1, -0.05) is 51.8 Å². The van der Waals surface area contributed by atoms with Crippen molar-refractivity contribution in [1.29, 1.82) is 0 Å². The monoisotopic (exact) mass is 550 g/mol. The number of hydrogen-bond donors (Lipinski definition) is 1. The topological polar surface area (TPSA) is 59.9 Å². The average Bonchev–Trinajstić information content (AvgIpc) is 2.73. The molecule has 3 aromatic rings. The minimum atomic E-state index is -0.307. The number of carbonyl (C=O) groups is 1. The van der Waals surface area contributed by atoms with E-state index in [0.29, 0.717) is 33.2 Å². The van der Waals surface area contributed by atoms with Crippen molar-refractivity contribution < 1.29 is 14.3 Å². The zero-order valence-electron chi connectivity index (χ0n) is 15.9. The zero-order valence-corrected chi connectivity index (χ0v) is 19.8. The molecular weight excluding hydrogens is 536 g/mol. The Labute approximate surface area is 196 Å². The summed E-state index contributed by atoms with van der Waals surface area (Å²) in [5, 5.41) is 4.66. The molecule has 0 aliphatic rings. The lowest BCUT2D eigenvalue weighted by Crippen LogP contribution is -2.17. The van der Waals surface area contributed by atoms with Crippen LogP contribution in [0, 0.1) is 0 Å². The summed E-state index contributed by atoms with van der Waals surface area (Å²) >= 11 is 13.0. The van der Waals surface area contributed by atoms with Crippen LogP contribution in [0.15, 0.2) is 74.7 Å². The Hall–Kier alpha value is -2.35. The first-order chi connectivity index (χ1) is 14.5. The van der Waals surface area contributed by atoms with Gasteiger partial charge in [-0.2, -0.15) is 5.10 Å². The molecule has 0 fully saturated rings. The van der Waals surface area contributed by atoms with E-state index in [9.17, 15) is 4.79 Å². The predicted octanol–water partition coefficient (Wildman–Crippen LogP) is 6.22. The second-order valence-corrected chi connectivity index (χ2v) is 8.30. The highest BCUT2D eigenvalue weighted by Crippen LogP contribution is 2.37. The molecule has 0 unspecified atom stereocenters. The molecule has 0 bridgehead atoms. The van der Waals surface area contributed by atoms with Gasteiger partial charge in [-0.25, -0.2) is 5.43 Å². The Bertz CT molecular complexity index is 1090. The number of ether oxygens (including phenoxy) is 2. The molecule has 5 nitrogen and oxygen atoms in total. The maximum atomic E-state index is 12.2. The number of amides is 1. The number of methoxy groups -OCH3 is 1. The van der Waals surface area contributed by atoms with Gasteiger partial charge in [-0.05, 0) is 57.9 Å². The lowest BCUT2D eigenvalue weighted by Gasteiger charge is -2.14. The van der Waals surface area contributed by atoms with Gasteiger partial charge in [0.25, 0.3) is 5.91 Å². The molecule has 0 saturated carbocycles. The molecule has 0 spiro atoms. The summed E-state index contributed by atoms with van der Waals surface area (Å²) in [7, 11) is 1.56. The molecule has 0 atom stereocenters. The first-order valence-electron chi connectivity index (χ1n) is 8.80. The fourth-order valence-corrected chi connectivity index (χ4v) is 3.74. The van der Waals surface area contributed by atoms with Crippen molar-refractivity contribution in [2.75, 3.05) is 7.11 Å². The Morgan fingerprint density at radius 1 is 1.13 bits per heavy atom. The van der Waals surface area contributed by atoms with E-state index in [1.54, 1.807) is 31.4 Å². The van der Waals surface area contributed by atoms with E-state index < -0.39 is 0 Å². The van der Waals surface area contributed by atoms with Crippen molar-refractivity contribution in [3.05, 3.63) is 91.3 Å². The summed E-state index contributed by atoms with van der Waals surface area (Å²) in [6.45, 7) is 0.296. The number of rotatable bonds is 7. The molecule has 0 aliphatic carbocycles.